The van der Waals surface area contributed by atoms with Crippen LogP contribution in [0.5, 0.6) is 0 Å². The van der Waals surface area contributed by atoms with Crippen molar-refractivity contribution in [3.63, 3.8) is 0 Å². The summed E-state index contributed by atoms with van der Waals surface area (Å²) in [5.74, 6) is -0.107. The number of aliphatic hydroxyl groups is 2. The van der Waals surface area contributed by atoms with Crippen molar-refractivity contribution in [3.05, 3.63) is 28.9 Å². The van der Waals surface area contributed by atoms with Crippen LogP contribution >= 0.6 is 15.9 Å². The molecule has 0 aliphatic carbocycles. The zero-order valence-corrected chi connectivity index (χ0v) is 21.9. The first-order chi connectivity index (χ1) is 17.9. The first kappa shape index (κ1) is 25.3. The van der Waals surface area contributed by atoms with Gasteiger partial charge in [0.15, 0.2) is 34.9 Å². The minimum Gasteiger partial charge on any atom is -0.420 e. The largest absolute Gasteiger partial charge is 0.420 e. The van der Waals surface area contributed by atoms with Gasteiger partial charge in [-0.3, -0.25) is 9.36 Å². The van der Waals surface area contributed by atoms with Gasteiger partial charge < -0.3 is 34.9 Å². The highest BCUT2D eigenvalue weighted by Gasteiger charge is 2.47. The average molecular weight is 576 g/mol. The smallest absolute Gasteiger partial charge is 0.299 e. The number of aromatic nitrogens is 6. The van der Waals surface area contributed by atoms with E-state index in [1.807, 2.05) is 24.8 Å². The molecule has 5 heterocycles. The number of oxazole rings is 1. The first-order valence-corrected chi connectivity index (χ1v) is 12.5. The Morgan fingerprint density at radius 1 is 1.19 bits per heavy atom. The molecule has 15 heteroatoms. The number of carbonyl (C=O) groups is 1. The fourth-order valence-corrected chi connectivity index (χ4v) is 4.75. The van der Waals surface area contributed by atoms with Gasteiger partial charge in [0, 0.05) is 20.1 Å². The third-order valence-electron chi connectivity index (χ3n) is 6.20. The number of nitrogens with zero attached hydrogens (tertiary/aromatic N) is 7. The number of aliphatic hydroxyl groups excluding tert-OH is 2. The van der Waals surface area contributed by atoms with Crippen LogP contribution in [0.4, 0.5) is 11.8 Å². The number of hydrogen-bond acceptors (Lipinski definition) is 12. The number of hydrogen-bond donors (Lipinski definition) is 4. The molecule has 196 valence electrons. The summed E-state index contributed by atoms with van der Waals surface area (Å²) in [6.07, 6.45) is -2.28. The lowest BCUT2D eigenvalue weighted by atomic mass is 10.1. The molecule has 4 N–H and O–H groups in total. The van der Waals surface area contributed by atoms with Crippen LogP contribution in [-0.4, -0.2) is 84.1 Å². The van der Waals surface area contributed by atoms with Crippen molar-refractivity contribution >= 4 is 56.1 Å². The zero-order valence-electron chi connectivity index (χ0n) is 20.3. The molecule has 14 nitrogen and oxygen atoms in total. The van der Waals surface area contributed by atoms with Gasteiger partial charge in [-0.2, -0.15) is 4.98 Å². The van der Waals surface area contributed by atoms with Crippen LogP contribution in [0.1, 0.15) is 25.8 Å². The Morgan fingerprint density at radius 3 is 2.70 bits per heavy atom. The van der Waals surface area contributed by atoms with E-state index < -0.39 is 30.4 Å². The molecule has 37 heavy (non-hydrogen) atoms. The second-order valence-corrected chi connectivity index (χ2v) is 9.21. The van der Waals surface area contributed by atoms with Crippen LogP contribution in [0.15, 0.2) is 27.6 Å². The third-order valence-corrected chi connectivity index (χ3v) is 6.79. The highest BCUT2D eigenvalue weighted by atomic mass is 79.9. The maximum absolute atomic E-state index is 12.0. The molecule has 0 unspecified atom stereocenters. The SMILES string of the molecule is CCN(CC)c1nc2nc(CNc3ncnc4c3ncn4[C@@H]3O[C@H](C(=O)NC)[C@@H](O)[C@H]3O)cc(Br)c2o1. The summed E-state index contributed by atoms with van der Waals surface area (Å²) >= 11 is 3.54. The number of carbonyl (C=O) groups excluding carboxylic acids is 1. The van der Waals surface area contributed by atoms with Crippen LogP contribution < -0.4 is 15.5 Å². The number of anilines is 2. The fourth-order valence-electron chi connectivity index (χ4n) is 4.22. The van der Waals surface area contributed by atoms with Crippen molar-refractivity contribution in [2.45, 2.75) is 44.9 Å². The summed E-state index contributed by atoms with van der Waals surface area (Å²) in [5.41, 5.74) is 2.52. The minimum absolute atomic E-state index is 0.307. The number of halogens is 1. The van der Waals surface area contributed by atoms with Crippen LogP contribution in [0, 0.1) is 0 Å². The molecule has 1 saturated heterocycles. The molecular formula is C22H26BrN9O5. The van der Waals surface area contributed by atoms with Gasteiger partial charge in [0.05, 0.1) is 23.0 Å². The van der Waals surface area contributed by atoms with Crippen LogP contribution in [0.3, 0.4) is 0 Å². The molecule has 0 saturated carbocycles. The van der Waals surface area contributed by atoms with E-state index in [4.69, 9.17) is 9.15 Å². The lowest BCUT2D eigenvalue weighted by Crippen LogP contribution is -2.41. The molecule has 0 aromatic carbocycles. The Morgan fingerprint density at radius 2 is 1.97 bits per heavy atom. The molecular weight excluding hydrogens is 550 g/mol. The Bertz CT molecular complexity index is 1440. The van der Waals surface area contributed by atoms with Crippen molar-refractivity contribution in [2.24, 2.45) is 0 Å². The summed E-state index contributed by atoms with van der Waals surface area (Å²) in [5, 5.41) is 26.4. The Hall–Kier alpha value is -3.40. The number of ether oxygens (including phenoxy) is 1. The number of rotatable bonds is 8. The van der Waals surface area contributed by atoms with Crippen molar-refractivity contribution in [2.75, 3.05) is 30.4 Å². The quantitative estimate of drug-likeness (QED) is 0.234. The number of imidazole rings is 1. The van der Waals surface area contributed by atoms with E-state index in [2.05, 4.69) is 51.5 Å². The predicted octanol–water partition coefficient (Wildman–Crippen LogP) is 0.949. The molecule has 0 bridgehead atoms. The zero-order chi connectivity index (χ0) is 26.3. The molecule has 1 aliphatic heterocycles. The molecule has 1 amide bonds. The molecule has 4 aromatic rings. The van der Waals surface area contributed by atoms with E-state index in [0.717, 1.165) is 17.6 Å². The Labute approximate surface area is 219 Å². The molecule has 1 fully saturated rings. The number of fused-ring (bicyclic) bond motifs is 2. The van der Waals surface area contributed by atoms with Gasteiger partial charge >= 0.3 is 0 Å². The van der Waals surface area contributed by atoms with Gasteiger partial charge in [0.25, 0.3) is 11.9 Å². The van der Waals surface area contributed by atoms with E-state index in [1.54, 1.807) is 0 Å². The lowest BCUT2D eigenvalue weighted by Gasteiger charge is -2.16. The third kappa shape index (κ3) is 4.47. The highest BCUT2D eigenvalue weighted by molar-refractivity contribution is 9.10. The molecule has 1 aliphatic rings. The monoisotopic (exact) mass is 575 g/mol. The first-order valence-electron chi connectivity index (χ1n) is 11.7. The standard InChI is InChI=1S/C22H26BrN9O5/c1-4-31(5-2)22-30-18-15(37-22)11(23)6-10(29-18)7-25-17-12-19(27-8-26-17)32(9-28-12)21-14(34)13(33)16(36-21)20(35)24-3/h6,8-9,13-14,16,21,33-34H,4-5,7H2,1-3H3,(H,24,35)(H,25,26,27)/t13-,14+,16-,21+/m0/s1. The summed E-state index contributed by atoms with van der Waals surface area (Å²) in [7, 11) is 1.42. The molecule has 5 rings (SSSR count). The average Bonchev–Trinajstić information content (AvgIpc) is 3.60. The van der Waals surface area contributed by atoms with Gasteiger partial charge in [-0.1, -0.05) is 0 Å². The van der Waals surface area contributed by atoms with Crippen molar-refractivity contribution in [1.82, 2.24) is 34.8 Å². The lowest BCUT2D eigenvalue weighted by molar-refractivity contribution is -0.137. The van der Waals surface area contributed by atoms with Crippen LogP contribution in [-0.2, 0) is 16.1 Å². The van der Waals surface area contributed by atoms with Gasteiger partial charge in [0.2, 0.25) is 5.65 Å². The van der Waals surface area contributed by atoms with Crippen molar-refractivity contribution < 1.29 is 24.2 Å². The Kier molecular flexibility index (Phi) is 6.94. The van der Waals surface area contributed by atoms with E-state index in [1.165, 1.54) is 24.3 Å². The second kappa shape index (κ2) is 10.2. The van der Waals surface area contributed by atoms with E-state index >= 15 is 0 Å². The summed E-state index contributed by atoms with van der Waals surface area (Å²) < 4.78 is 13.7. The highest BCUT2D eigenvalue weighted by Crippen LogP contribution is 2.33. The minimum atomic E-state index is -1.40. The number of likely N-dealkylation sites (N-methyl/N-ethyl adjacent to an activating group) is 1. The molecule has 4 aromatic heterocycles. The van der Waals surface area contributed by atoms with Crippen LogP contribution in [0.2, 0.25) is 0 Å². The molecule has 0 spiro atoms. The summed E-state index contributed by atoms with van der Waals surface area (Å²) in [6, 6.07) is 2.36. The molecule has 0 radical (unpaired) electrons. The van der Waals surface area contributed by atoms with E-state index in [0.29, 0.717) is 46.5 Å². The van der Waals surface area contributed by atoms with Gasteiger partial charge in [-0.05, 0) is 35.8 Å². The van der Waals surface area contributed by atoms with Gasteiger partial charge in [0.1, 0.15) is 18.5 Å². The normalized spacial score (nSPS) is 21.6. The van der Waals surface area contributed by atoms with Crippen LogP contribution in [0.25, 0.3) is 22.4 Å². The predicted molar refractivity (Wildman–Crippen MR) is 136 cm³/mol. The second-order valence-electron chi connectivity index (χ2n) is 8.36. The topological polar surface area (TPSA) is 177 Å². The Balaban J connectivity index is 1.38. The van der Waals surface area contributed by atoms with Crippen molar-refractivity contribution in [3.8, 4) is 0 Å². The molecule has 4 atom stereocenters. The van der Waals surface area contributed by atoms with Crippen molar-refractivity contribution in [1.29, 1.82) is 0 Å². The van der Waals surface area contributed by atoms with Gasteiger partial charge in [-0.25, -0.2) is 19.9 Å². The maximum Gasteiger partial charge on any atom is 0.299 e. The maximum atomic E-state index is 12.0. The number of nitrogens with one attached hydrogen (secondary N) is 2. The number of pyridine rings is 1. The number of amides is 1. The van der Waals surface area contributed by atoms with E-state index in [9.17, 15) is 15.0 Å². The van der Waals surface area contributed by atoms with Gasteiger partial charge in [-0.15, -0.1) is 0 Å². The summed E-state index contributed by atoms with van der Waals surface area (Å²) in [6.45, 7) is 5.89. The fraction of sp³-hybridized carbons (Fsp3) is 0.455. The summed E-state index contributed by atoms with van der Waals surface area (Å²) in [4.78, 5) is 36.1. The van der Waals surface area contributed by atoms with E-state index in [-0.39, 0.29) is 0 Å².